The number of carbonyl (C=O) groups excluding carboxylic acids is 1. The summed E-state index contributed by atoms with van der Waals surface area (Å²) in [5.41, 5.74) is 0.399. The molecule has 9 heteroatoms. The topological polar surface area (TPSA) is 108 Å². The standard InChI is InChI=1S/C25H34N4O5/c1-5-20(31)23(32)29-14-19(25(3,15-29)16(2)30)17-7-8-21(33-4)22(11-17)34-18-12-28(13-18)24-26-9-6-10-27-24/h6-11,16,18-20,30-31H,5,12-15H2,1-4H3/t16-,19+,20+,25+/m1/s1. The largest absolute Gasteiger partial charge is 0.493 e. The minimum atomic E-state index is -1.03. The van der Waals surface area contributed by atoms with E-state index in [4.69, 9.17) is 9.47 Å². The molecule has 2 fully saturated rings. The highest BCUT2D eigenvalue weighted by molar-refractivity contribution is 5.81. The van der Waals surface area contributed by atoms with Crippen LogP contribution in [-0.2, 0) is 4.79 Å². The van der Waals surface area contributed by atoms with Gasteiger partial charge in [0.1, 0.15) is 12.2 Å². The van der Waals surface area contributed by atoms with Crippen molar-refractivity contribution >= 4 is 11.9 Å². The molecule has 1 aromatic heterocycles. The molecule has 0 bridgehead atoms. The number of amides is 1. The first-order chi connectivity index (χ1) is 16.3. The summed E-state index contributed by atoms with van der Waals surface area (Å²) in [6.45, 7) is 7.66. The normalized spacial score (nSPS) is 24.5. The third-order valence-electron chi connectivity index (χ3n) is 7.24. The number of methoxy groups -OCH3 is 1. The molecule has 4 rings (SSSR count). The van der Waals surface area contributed by atoms with E-state index in [1.54, 1.807) is 44.3 Å². The van der Waals surface area contributed by atoms with Gasteiger partial charge in [0.25, 0.3) is 5.91 Å². The zero-order valence-electron chi connectivity index (χ0n) is 20.2. The Morgan fingerprint density at radius 3 is 2.53 bits per heavy atom. The molecule has 0 aliphatic carbocycles. The van der Waals surface area contributed by atoms with E-state index in [-0.39, 0.29) is 17.9 Å². The summed E-state index contributed by atoms with van der Waals surface area (Å²) in [5, 5.41) is 20.8. The number of rotatable bonds is 8. The Kier molecular flexibility index (Phi) is 6.95. The van der Waals surface area contributed by atoms with Gasteiger partial charge in [0, 0.05) is 36.8 Å². The first kappa shape index (κ1) is 24.2. The van der Waals surface area contributed by atoms with Crippen molar-refractivity contribution in [2.75, 3.05) is 38.2 Å². The van der Waals surface area contributed by atoms with Crippen molar-refractivity contribution in [1.29, 1.82) is 0 Å². The molecular formula is C25H34N4O5. The molecule has 0 unspecified atom stereocenters. The van der Waals surface area contributed by atoms with E-state index < -0.39 is 17.6 Å². The lowest BCUT2D eigenvalue weighted by Gasteiger charge is -2.39. The number of benzene rings is 1. The molecular weight excluding hydrogens is 436 g/mol. The number of carbonyl (C=O) groups is 1. The Labute approximate surface area is 200 Å². The fraction of sp³-hybridized carbons (Fsp3) is 0.560. The van der Waals surface area contributed by atoms with Gasteiger partial charge in [-0.05, 0) is 37.1 Å². The summed E-state index contributed by atoms with van der Waals surface area (Å²) in [4.78, 5) is 25.0. The minimum Gasteiger partial charge on any atom is -0.493 e. The number of aliphatic hydroxyl groups is 2. The van der Waals surface area contributed by atoms with Crippen LogP contribution in [0.3, 0.4) is 0 Å². The van der Waals surface area contributed by atoms with Crippen molar-refractivity contribution in [3.8, 4) is 11.5 Å². The van der Waals surface area contributed by atoms with E-state index in [2.05, 4.69) is 9.97 Å². The second-order valence-electron chi connectivity index (χ2n) is 9.48. The van der Waals surface area contributed by atoms with E-state index >= 15 is 0 Å². The predicted octanol–water partition coefficient (Wildman–Crippen LogP) is 1.84. The van der Waals surface area contributed by atoms with Gasteiger partial charge in [-0.3, -0.25) is 4.79 Å². The lowest BCUT2D eigenvalue weighted by Crippen LogP contribution is -2.54. The van der Waals surface area contributed by atoms with Gasteiger partial charge < -0.3 is 29.5 Å². The molecule has 34 heavy (non-hydrogen) atoms. The number of aromatic nitrogens is 2. The molecule has 184 valence electrons. The second-order valence-corrected chi connectivity index (χ2v) is 9.48. The van der Waals surface area contributed by atoms with E-state index in [1.807, 2.05) is 30.0 Å². The molecule has 1 amide bonds. The lowest BCUT2D eigenvalue weighted by molar-refractivity contribution is -0.139. The Hall–Kier alpha value is -2.91. The fourth-order valence-corrected chi connectivity index (χ4v) is 4.79. The van der Waals surface area contributed by atoms with Gasteiger partial charge in [-0.25, -0.2) is 9.97 Å². The predicted molar refractivity (Wildman–Crippen MR) is 127 cm³/mol. The molecule has 1 aromatic carbocycles. The summed E-state index contributed by atoms with van der Waals surface area (Å²) < 4.78 is 11.8. The minimum absolute atomic E-state index is 0.0301. The SMILES string of the molecule is CC[C@H](O)C(=O)N1C[C@@H](c2ccc(OC)c(OC3CN(c4ncccn4)C3)c2)[C@](C)([C@@H](C)O)C1. The van der Waals surface area contributed by atoms with Crippen LogP contribution in [0.5, 0.6) is 11.5 Å². The summed E-state index contributed by atoms with van der Waals surface area (Å²) >= 11 is 0. The number of ether oxygens (including phenoxy) is 2. The smallest absolute Gasteiger partial charge is 0.251 e. The molecule has 0 radical (unpaired) electrons. The van der Waals surface area contributed by atoms with Crippen LogP contribution in [0.4, 0.5) is 5.95 Å². The summed E-state index contributed by atoms with van der Waals surface area (Å²) in [5.74, 6) is 1.53. The van der Waals surface area contributed by atoms with Gasteiger partial charge in [-0.15, -0.1) is 0 Å². The fourth-order valence-electron chi connectivity index (χ4n) is 4.79. The third-order valence-corrected chi connectivity index (χ3v) is 7.24. The van der Waals surface area contributed by atoms with Gasteiger partial charge >= 0.3 is 0 Å². The van der Waals surface area contributed by atoms with Crippen LogP contribution < -0.4 is 14.4 Å². The lowest BCUT2D eigenvalue weighted by atomic mass is 9.72. The van der Waals surface area contributed by atoms with Crippen LogP contribution in [-0.4, -0.2) is 82.6 Å². The van der Waals surface area contributed by atoms with Crippen molar-refractivity contribution in [1.82, 2.24) is 14.9 Å². The van der Waals surface area contributed by atoms with Crippen LogP contribution in [0.15, 0.2) is 36.7 Å². The van der Waals surface area contributed by atoms with Gasteiger partial charge in [0.05, 0.1) is 26.3 Å². The highest BCUT2D eigenvalue weighted by Crippen LogP contribution is 2.47. The molecule has 0 saturated carbocycles. The quantitative estimate of drug-likeness (QED) is 0.602. The number of likely N-dealkylation sites (tertiary alicyclic amines) is 1. The summed E-state index contributed by atoms with van der Waals surface area (Å²) in [6, 6.07) is 7.58. The molecule has 3 heterocycles. The number of hydrogen-bond acceptors (Lipinski definition) is 8. The highest BCUT2D eigenvalue weighted by atomic mass is 16.5. The van der Waals surface area contributed by atoms with E-state index in [0.717, 1.165) is 5.56 Å². The Morgan fingerprint density at radius 1 is 1.21 bits per heavy atom. The molecule has 2 aliphatic heterocycles. The van der Waals surface area contributed by atoms with Gasteiger partial charge in [0.2, 0.25) is 5.95 Å². The van der Waals surface area contributed by atoms with Gasteiger partial charge in [-0.1, -0.05) is 19.9 Å². The van der Waals surface area contributed by atoms with Crippen LogP contribution in [0.1, 0.15) is 38.7 Å². The Bertz CT molecular complexity index is 998. The van der Waals surface area contributed by atoms with Crippen LogP contribution >= 0.6 is 0 Å². The van der Waals surface area contributed by atoms with Crippen molar-refractivity contribution in [3.05, 3.63) is 42.2 Å². The third kappa shape index (κ3) is 4.54. The van der Waals surface area contributed by atoms with Crippen LogP contribution in [0.25, 0.3) is 0 Å². The van der Waals surface area contributed by atoms with E-state index in [0.29, 0.717) is 50.0 Å². The van der Waals surface area contributed by atoms with E-state index in [9.17, 15) is 15.0 Å². The monoisotopic (exact) mass is 470 g/mol. The number of anilines is 1. The van der Waals surface area contributed by atoms with E-state index in [1.165, 1.54) is 0 Å². The van der Waals surface area contributed by atoms with Crippen molar-refractivity contribution in [2.24, 2.45) is 5.41 Å². The molecule has 2 N–H and O–H groups in total. The number of hydrogen-bond donors (Lipinski definition) is 2. The van der Waals surface area contributed by atoms with Crippen LogP contribution in [0.2, 0.25) is 0 Å². The van der Waals surface area contributed by atoms with Gasteiger partial charge in [0.15, 0.2) is 11.5 Å². The molecule has 2 saturated heterocycles. The second kappa shape index (κ2) is 9.76. The molecule has 2 aromatic rings. The van der Waals surface area contributed by atoms with Crippen molar-refractivity contribution in [2.45, 2.75) is 51.4 Å². The van der Waals surface area contributed by atoms with Crippen molar-refractivity contribution in [3.63, 3.8) is 0 Å². The average Bonchev–Trinajstić information content (AvgIpc) is 3.19. The maximum atomic E-state index is 12.7. The Balaban J connectivity index is 1.53. The van der Waals surface area contributed by atoms with Gasteiger partial charge in [-0.2, -0.15) is 0 Å². The first-order valence-corrected chi connectivity index (χ1v) is 11.8. The molecule has 4 atom stereocenters. The average molecular weight is 471 g/mol. The molecule has 0 spiro atoms. The Morgan fingerprint density at radius 2 is 1.91 bits per heavy atom. The van der Waals surface area contributed by atoms with Crippen molar-refractivity contribution < 1.29 is 24.5 Å². The first-order valence-electron chi connectivity index (χ1n) is 11.8. The number of aliphatic hydroxyl groups excluding tert-OH is 2. The summed E-state index contributed by atoms with van der Waals surface area (Å²) in [7, 11) is 1.61. The zero-order valence-corrected chi connectivity index (χ0v) is 20.2. The number of nitrogens with zero attached hydrogens (tertiary/aromatic N) is 4. The highest BCUT2D eigenvalue weighted by Gasteiger charge is 2.49. The maximum Gasteiger partial charge on any atom is 0.251 e. The molecule has 2 aliphatic rings. The zero-order chi connectivity index (χ0) is 24.5. The molecule has 9 nitrogen and oxygen atoms in total. The maximum absolute atomic E-state index is 12.7. The summed E-state index contributed by atoms with van der Waals surface area (Å²) in [6.07, 6.45) is 2.10. The van der Waals surface area contributed by atoms with Crippen LogP contribution in [0, 0.1) is 5.41 Å².